The maximum atomic E-state index is 10.7. The fourth-order valence-corrected chi connectivity index (χ4v) is 1.87. The van der Waals surface area contributed by atoms with Crippen LogP contribution in [0.3, 0.4) is 0 Å². The van der Waals surface area contributed by atoms with E-state index in [1.807, 2.05) is 0 Å². The summed E-state index contributed by atoms with van der Waals surface area (Å²) in [5, 5.41) is -0.744. The molecule has 0 fully saturated rings. The summed E-state index contributed by atoms with van der Waals surface area (Å²) < 4.78 is 30.1. The third-order valence-corrected chi connectivity index (χ3v) is 2.95. The van der Waals surface area contributed by atoms with E-state index in [-0.39, 0.29) is 57.9 Å². The zero-order valence-corrected chi connectivity index (χ0v) is 7.76. The maximum absolute atomic E-state index is 10.7. The zero-order valence-electron chi connectivity index (χ0n) is 6.94. The Kier molecular flexibility index (Phi) is 11.4. The van der Waals surface area contributed by atoms with E-state index in [1.165, 1.54) is 0 Å². The predicted octanol–water partition coefficient (Wildman–Crippen LogP) is -1.32. The Labute approximate surface area is 122 Å². The van der Waals surface area contributed by atoms with Gasteiger partial charge in [-0.1, -0.05) is 0 Å². The Morgan fingerprint density at radius 1 is 1.15 bits per heavy atom. The summed E-state index contributed by atoms with van der Waals surface area (Å²) in [4.78, 5) is 0. The molecular weight excluding hydrogens is 219 g/mol. The van der Waals surface area contributed by atoms with Crippen LogP contribution in [-0.4, -0.2) is 82.7 Å². The molecule has 76 valence electrons. The van der Waals surface area contributed by atoms with E-state index >= 15 is 0 Å². The molecule has 0 saturated carbocycles. The van der Waals surface area contributed by atoms with Gasteiger partial charge in [-0.2, -0.15) is 8.42 Å². The second-order valence-corrected chi connectivity index (χ2v) is 4.34. The molecule has 0 aliphatic rings. The number of hydrogen-bond acceptors (Lipinski definition) is 4. The van der Waals surface area contributed by atoms with Crippen molar-refractivity contribution in [3.05, 3.63) is 0 Å². The Hall–Kier alpha value is 1.47. The molecule has 13 heavy (non-hydrogen) atoms. The molecule has 0 heterocycles. The van der Waals surface area contributed by atoms with Gasteiger partial charge in [-0.05, 0) is 32.4 Å². The van der Waals surface area contributed by atoms with Crippen molar-refractivity contribution in [1.29, 1.82) is 0 Å². The average molecular weight is 236 g/mol. The second-order valence-electron chi connectivity index (χ2n) is 2.65. The standard InChI is InChI=1S/C6H16N2O3S.K.H/c7-4-1-2-6(3-5-8)12(9,10)11;;/h6H,1-5,7-8H2,(H,9,10,11);;. The number of rotatable bonds is 6. The number of hydrogen-bond donors (Lipinski definition) is 3. The third-order valence-electron chi connectivity index (χ3n) is 1.64. The molecule has 0 aliphatic heterocycles. The van der Waals surface area contributed by atoms with Crippen LogP contribution in [0.2, 0.25) is 0 Å². The molecule has 1 unspecified atom stereocenters. The summed E-state index contributed by atoms with van der Waals surface area (Å²) in [7, 11) is -3.93. The minimum absolute atomic E-state index is 0. The number of nitrogens with two attached hydrogens (primary N) is 2. The van der Waals surface area contributed by atoms with E-state index in [0.717, 1.165) is 0 Å². The molecule has 5 nitrogen and oxygen atoms in total. The van der Waals surface area contributed by atoms with E-state index in [4.69, 9.17) is 16.0 Å². The summed E-state index contributed by atoms with van der Waals surface area (Å²) in [5.74, 6) is 0. The fraction of sp³-hybridized carbons (Fsp3) is 1.00. The van der Waals surface area contributed by atoms with Crippen molar-refractivity contribution in [3.8, 4) is 0 Å². The second kappa shape index (κ2) is 8.75. The monoisotopic (exact) mass is 236 g/mol. The first-order chi connectivity index (χ1) is 5.52. The molecular formula is C6H17KN2O3S. The first-order valence-corrected chi connectivity index (χ1v) is 5.39. The van der Waals surface area contributed by atoms with Crippen LogP contribution in [0.1, 0.15) is 19.3 Å². The van der Waals surface area contributed by atoms with Crippen molar-refractivity contribution in [1.82, 2.24) is 0 Å². The summed E-state index contributed by atoms with van der Waals surface area (Å²) >= 11 is 0. The molecule has 0 radical (unpaired) electrons. The summed E-state index contributed by atoms with van der Waals surface area (Å²) in [5.41, 5.74) is 10.4. The van der Waals surface area contributed by atoms with Crippen molar-refractivity contribution >= 4 is 61.5 Å². The molecule has 5 N–H and O–H groups in total. The van der Waals surface area contributed by atoms with Crippen LogP contribution in [0.15, 0.2) is 0 Å². The molecule has 0 saturated heterocycles. The van der Waals surface area contributed by atoms with Gasteiger partial charge in [0.2, 0.25) is 0 Å². The van der Waals surface area contributed by atoms with E-state index < -0.39 is 15.4 Å². The van der Waals surface area contributed by atoms with Gasteiger partial charge >= 0.3 is 51.4 Å². The summed E-state index contributed by atoms with van der Waals surface area (Å²) in [6.45, 7) is 0.686. The topological polar surface area (TPSA) is 106 Å². The fourth-order valence-electron chi connectivity index (χ4n) is 0.974. The van der Waals surface area contributed by atoms with Crippen molar-refractivity contribution in [3.63, 3.8) is 0 Å². The Morgan fingerprint density at radius 2 is 1.69 bits per heavy atom. The molecule has 0 aromatic rings. The first kappa shape index (κ1) is 16.9. The van der Waals surface area contributed by atoms with Gasteiger partial charge in [-0.3, -0.25) is 4.55 Å². The average Bonchev–Trinajstić information content (AvgIpc) is 1.95. The van der Waals surface area contributed by atoms with Gasteiger partial charge in [0, 0.05) is 0 Å². The Bertz CT molecular complexity index is 208. The van der Waals surface area contributed by atoms with Crippen LogP contribution in [0, 0.1) is 0 Å². The zero-order chi connectivity index (χ0) is 9.61. The van der Waals surface area contributed by atoms with Gasteiger partial charge in [-0.25, -0.2) is 0 Å². The van der Waals surface area contributed by atoms with Gasteiger partial charge in [-0.15, -0.1) is 0 Å². The summed E-state index contributed by atoms with van der Waals surface area (Å²) in [6, 6.07) is 0. The predicted molar refractivity (Wildman–Crippen MR) is 54.4 cm³/mol. The quantitative estimate of drug-likeness (QED) is 0.392. The molecule has 0 aliphatic carbocycles. The van der Waals surface area contributed by atoms with Crippen LogP contribution >= 0.6 is 0 Å². The van der Waals surface area contributed by atoms with E-state index in [0.29, 0.717) is 25.8 Å². The molecule has 0 amide bonds. The van der Waals surface area contributed by atoms with Crippen LogP contribution in [0.25, 0.3) is 0 Å². The molecule has 0 bridgehead atoms. The molecule has 0 aromatic carbocycles. The molecule has 0 spiro atoms. The van der Waals surface area contributed by atoms with Crippen molar-refractivity contribution in [2.75, 3.05) is 13.1 Å². The van der Waals surface area contributed by atoms with Crippen molar-refractivity contribution < 1.29 is 13.0 Å². The van der Waals surface area contributed by atoms with Crippen molar-refractivity contribution in [2.24, 2.45) is 11.5 Å². The van der Waals surface area contributed by atoms with Crippen LogP contribution in [0.4, 0.5) is 0 Å². The van der Waals surface area contributed by atoms with Gasteiger partial charge in [0.05, 0.1) is 5.25 Å². The van der Waals surface area contributed by atoms with Gasteiger partial charge in [0.1, 0.15) is 0 Å². The molecule has 0 aromatic heterocycles. The van der Waals surface area contributed by atoms with Crippen LogP contribution in [-0.2, 0) is 10.1 Å². The Morgan fingerprint density at radius 3 is 2.00 bits per heavy atom. The molecule has 1 atom stereocenters. The molecule has 7 heteroatoms. The van der Waals surface area contributed by atoms with E-state index in [2.05, 4.69) is 0 Å². The molecule has 0 rings (SSSR count). The first-order valence-electron chi connectivity index (χ1n) is 3.88. The van der Waals surface area contributed by atoms with Gasteiger partial charge in [0.25, 0.3) is 10.1 Å². The minimum atomic E-state index is -3.93. The van der Waals surface area contributed by atoms with E-state index in [9.17, 15) is 8.42 Å². The van der Waals surface area contributed by atoms with Crippen LogP contribution in [0.5, 0.6) is 0 Å². The normalized spacial score (nSPS) is 13.5. The third kappa shape index (κ3) is 8.46. The van der Waals surface area contributed by atoms with Gasteiger partial charge in [0.15, 0.2) is 0 Å². The van der Waals surface area contributed by atoms with Crippen LogP contribution < -0.4 is 11.5 Å². The van der Waals surface area contributed by atoms with Crippen molar-refractivity contribution in [2.45, 2.75) is 24.5 Å². The SMILES string of the molecule is NCCCC(CCN)S(=O)(=O)O.[KH]. The van der Waals surface area contributed by atoms with E-state index in [1.54, 1.807) is 0 Å². The summed E-state index contributed by atoms with van der Waals surface area (Å²) in [6.07, 6.45) is 1.26. The van der Waals surface area contributed by atoms with Gasteiger partial charge < -0.3 is 11.5 Å². The Balaban J connectivity index is 0.